The topological polar surface area (TPSA) is 12.0 Å². The molecule has 0 unspecified atom stereocenters. The van der Waals surface area contributed by atoms with Gasteiger partial charge in [0.1, 0.15) is 0 Å². The minimum Gasteiger partial charge on any atom is -0.312 e. The average Bonchev–Trinajstić information content (AvgIpc) is 2.20. The van der Waals surface area contributed by atoms with Crippen LogP contribution in [0.25, 0.3) is 0 Å². The maximum Gasteiger partial charge on any atom is 0.0207 e. The van der Waals surface area contributed by atoms with Crippen LogP contribution in [-0.2, 0) is 5.41 Å². The molecule has 1 nitrogen and oxygen atoms in total. The lowest BCUT2D eigenvalue weighted by Gasteiger charge is -2.30. The second-order valence-electron chi connectivity index (χ2n) is 7.23. The van der Waals surface area contributed by atoms with Crippen molar-refractivity contribution in [1.29, 1.82) is 0 Å². The van der Waals surface area contributed by atoms with Crippen LogP contribution in [0.3, 0.4) is 0 Å². The molecule has 1 aromatic carbocycles. The van der Waals surface area contributed by atoms with Crippen molar-refractivity contribution >= 4 is 15.9 Å². The van der Waals surface area contributed by atoms with E-state index in [0.29, 0.717) is 0 Å². The first-order valence-corrected chi connectivity index (χ1v) is 7.84. The summed E-state index contributed by atoms with van der Waals surface area (Å²) in [5.41, 5.74) is 4.55. The summed E-state index contributed by atoms with van der Waals surface area (Å²) >= 11 is 3.61. The summed E-state index contributed by atoms with van der Waals surface area (Å²) in [5.74, 6) is 0. The molecular formula is C17H28BrN. The Labute approximate surface area is 127 Å². The highest BCUT2D eigenvalue weighted by Gasteiger charge is 2.23. The minimum atomic E-state index is 0.195. The third-order valence-electron chi connectivity index (χ3n) is 3.64. The Morgan fingerprint density at radius 2 is 1.58 bits per heavy atom. The second-order valence-corrected chi connectivity index (χ2v) is 8.08. The molecule has 0 aliphatic carbocycles. The van der Waals surface area contributed by atoms with E-state index in [4.69, 9.17) is 0 Å². The van der Waals surface area contributed by atoms with E-state index in [1.54, 1.807) is 0 Å². The molecule has 0 bridgehead atoms. The van der Waals surface area contributed by atoms with Gasteiger partial charge in [-0.05, 0) is 75.8 Å². The van der Waals surface area contributed by atoms with Crippen LogP contribution in [0.15, 0.2) is 16.6 Å². The number of aryl methyl sites for hydroxylation is 2. The lowest BCUT2D eigenvalue weighted by Crippen LogP contribution is -2.38. The lowest BCUT2D eigenvalue weighted by molar-refractivity contribution is 0.378. The molecule has 0 aliphatic rings. The zero-order valence-electron chi connectivity index (χ0n) is 13.4. The molecule has 0 saturated heterocycles. The fourth-order valence-corrected chi connectivity index (χ4v) is 2.85. The molecule has 0 fully saturated rings. The zero-order valence-corrected chi connectivity index (χ0v) is 15.0. The number of rotatable bonds is 4. The van der Waals surface area contributed by atoms with Crippen molar-refractivity contribution in [2.45, 2.75) is 65.8 Å². The Bertz CT molecular complexity index is 441. The monoisotopic (exact) mass is 325 g/mol. The van der Waals surface area contributed by atoms with Gasteiger partial charge in [-0.25, -0.2) is 0 Å². The van der Waals surface area contributed by atoms with Crippen molar-refractivity contribution in [3.8, 4) is 0 Å². The van der Waals surface area contributed by atoms with Gasteiger partial charge in [-0.3, -0.25) is 0 Å². The summed E-state index contributed by atoms with van der Waals surface area (Å²) < 4.78 is 1.21. The van der Waals surface area contributed by atoms with Crippen molar-refractivity contribution in [3.63, 3.8) is 0 Å². The molecule has 1 N–H and O–H groups in total. The molecule has 0 heterocycles. The molecule has 1 rings (SSSR count). The quantitative estimate of drug-likeness (QED) is 0.809. The summed E-state index contributed by atoms with van der Waals surface area (Å²) in [5, 5.41) is 3.58. The number of halogens is 1. The van der Waals surface area contributed by atoms with Crippen LogP contribution in [0.2, 0.25) is 0 Å². The van der Waals surface area contributed by atoms with E-state index >= 15 is 0 Å². The van der Waals surface area contributed by atoms with Crippen molar-refractivity contribution in [2.24, 2.45) is 0 Å². The van der Waals surface area contributed by atoms with Gasteiger partial charge in [0, 0.05) is 10.0 Å². The van der Waals surface area contributed by atoms with Crippen molar-refractivity contribution in [3.05, 3.63) is 33.3 Å². The Hall–Kier alpha value is -0.340. The molecule has 2 heteroatoms. The molecule has 19 heavy (non-hydrogen) atoms. The highest BCUT2D eigenvalue weighted by Crippen LogP contribution is 2.32. The van der Waals surface area contributed by atoms with Gasteiger partial charge in [-0.2, -0.15) is 0 Å². The first-order valence-electron chi connectivity index (χ1n) is 7.05. The first kappa shape index (κ1) is 16.7. The summed E-state index contributed by atoms with van der Waals surface area (Å²) in [7, 11) is 0. The van der Waals surface area contributed by atoms with Gasteiger partial charge in [0.05, 0.1) is 0 Å². The van der Waals surface area contributed by atoms with Gasteiger partial charge in [0.2, 0.25) is 0 Å². The molecule has 0 spiro atoms. The fraction of sp³-hybridized carbons (Fsp3) is 0.647. The van der Waals surface area contributed by atoms with Crippen molar-refractivity contribution in [1.82, 2.24) is 5.32 Å². The number of hydrogen-bond donors (Lipinski definition) is 1. The molecular weight excluding hydrogens is 298 g/mol. The predicted molar refractivity (Wildman–Crippen MR) is 89.0 cm³/mol. The standard InChI is InChI=1S/C17H28BrN/c1-12-11-15(18)13(2)10-14(12)17(6,7)8-9-19-16(3,4)5/h10-11,19H,8-9H2,1-7H3. The lowest BCUT2D eigenvalue weighted by atomic mass is 9.78. The molecule has 0 amide bonds. The van der Waals surface area contributed by atoms with E-state index in [2.05, 4.69) is 81.8 Å². The van der Waals surface area contributed by atoms with Gasteiger partial charge in [0.15, 0.2) is 0 Å². The summed E-state index contributed by atoms with van der Waals surface area (Å²) in [6.45, 7) is 16.7. The van der Waals surface area contributed by atoms with Gasteiger partial charge in [-0.1, -0.05) is 35.8 Å². The van der Waals surface area contributed by atoms with Gasteiger partial charge < -0.3 is 5.32 Å². The van der Waals surface area contributed by atoms with E-state index in [-0.39, 0.29) is 11.0 Å². The normalized spacial score (nSPS) is 12.8. The Kier molecular flexibility index (Phi) is 5.25. The van der Waals surface area contributed by atoms with Crippen LogP contribution in [0, 0.1) is 13.8 Å². The van der Waals surface area contributed by atoms with E-state index in [1.807, 2.05) is 0 Å². The zero-order chi connectivity index (χ0) is 14.8. The predicted octanol–water partition coefficient (Wildman–Crippen LogP) is 5.12. The van der Waals surface area contributed by atoms with Crippen LogP contribution < -0.4 is 5.32 Å². The average molecular weight is 326 g/mol. The minimum absolute atomic E-state index is 0.195. The maximum atomic E-state index is 3.61. The van der Waals surface area contributed by atoms with E-state index < -0.39 is 0 Å². The van der Waals surface area contributed by atoms with Gasteiger partial charge in [-0.15, -0.1) is 0 Å². The number of hydrogen-bond acceptors (Lipinski definition) is 1. The largest absolute Gasteiger partial charge is 0.312 e. The third-order valence-corrected chi connectivity index (χ3v) is 4.49. The molecule has 108 valence electrons. The highest BCUT2D eigenvalue weighted by molar-refractivity contribution is 9.10. The smallest absolute Gasteiger partial charge is 0.0207 e. The molecule has 1 aromatic rings. The third kappa shape index (κ3) is 4.92. The number of nitrogens with one attached hydrogen (secondary N) is 1. The van der Waals surface area contributed by atoms with Gasteiger partial charge in [0.25, 0.3) is 0 Å². The maximum absolute atomic E-state index is 3.61. The van der Waals surface area contributed by atoms with Crippen LogP contribution in [0.1, 0.15) is 57.7 Å². The molecule has 0 aliphatic heterocycles. The highest BCUT2D eigenvalue weighted by atomic mass is 79.9. The number of benzene rings is 1. The van der Waals surface area contributed by atoms with Gasteiger partial charge >= 0.3 is 0 Å². The molecule has 0 aromatic heterocycles. The second kappa shape index (κ2) is 5.97. The molecule has 0 atom stereocenters. The molecule has 0 saturated carbocycles. The summed E-state index contributed by atoms with van der Waals surface area (Å²) in [6.07, 6.45) is 1.15. The molecule has 0 radical (unpaired) electrons. The van der Waals surface area contributed by atoms with E-state index in [9.17, 15) is 0 Å². The SMILES string of the molecule is Cc1cc(C(C)(C)CCNC(C)(C)C)c(C)cc1Br. The Balaban J connectivity index is 2.85. The van der Waals surface area contributed by atoms with Crippen LogP contribution in [0.4, 0.5) is 0 Å². The Morgan fingerprint density at radius 1 is 1.00 bits per heavy atom. The summed E-state index contributed by atoms with van der Waals surface area (Å²) in [6, 6.07) is 4.57. The summed E-state index contributed by atoms with van der Waals surface area (Å²) in [4.78, 5) is 0. The van der Waals surface area contributed by atoms with Crippen molar-refractivity contribution < 1.29 is 0 Å². The Morgan fingerprint density at radius 3 is 2.11 bits per heavy atom. The van der Waals surface area contributed by atoms with E-state index in [0.717, 1.165) is 13.0 Å². The van der Waals surface area contributed by atoms with Crippen LogP contribution >= 0.6 is 15.9 Å². The van der Waals surface area contributed by atoms with Crippen molar-refractivity contribution in [2.75, 3.05) is 6.54 Å². The van der Waals surface area contributed by atoms with Crippen LogP contribution in [-0.4, -0.2) is 12.1 Å². The first-order chi connectivity index (χ1) is 8.53. The van der Waals surface area contributed by atoms with Crippen LogP contribution in [0.5, 0.6) is 0 Å². The fourth-order valence-electron chi connectivity index (χ4n) is 2.39. The van der Waals surface area contributed by atoms with E-state index in [1.165, 1.54) is 21.2 Å².